The van der Waals surface area contributed by atoms with Crippen LogP contribution in [0.5, 0.6) is 0 Å². The Hall–Kier alpha value is -3.45. The Balaban J connectivity index is 1.63. The molecule has 0 fully saturated rings. The van der Waals surface area contributed by atoms with Crippen LogP contribution in [0.3, 0.4) is 0 Å². The van der Waals surface area contributed by atoms with E-state index >= 15 is 0 Å². The van der Waals surface area contributed by atoms with Crippen LogP contribution in [0, 0.1) is 12.7 Å². The van der Waals surface area contributed by atoms with Crippen LogP contribution in [0.2, 0.25) is 0 Å². The van der Waals surface area contributed by atoms with E-state index in [0.29, 0.717) is 16.9 Å². The van der Waals surface area contributed by atoms with Crippen molar-refractivity contribution in [1.29, 1.82) is 0 Å². The minimum absolute atomic E-state index is 0.0814. The summed E-state index contributed by atoms with van der Waals surface area (Å²) < 4.78 is 40.3. The highest BCUT2D eigenvalue weighted by Crippen LogP contribution is 2.19. The molecule has 0 aliphatic rings. The molecular weight excluding hydrogens is 391 g/mol. The molecule has 0 aliphatic carbocycles. The highest BCUT2D eigenvalue weighted by atomic mass is 32.2. The largest absolute Gasteiger partial charge is 0.323 e. The fourth-order valence-electron chi connectivity index (χ4n) is 2.48. The van der Waals surface area contributed by atoms with Crippen LogP contribution in [0.25, 0.3) is 6.08 Å². The second-order valence-corrected chi connectivity index (χ2v) is 8.05. The second kappa shape index (κ2) is 8.70. The fraction of sp³-hybridized carbons (Fsp3) is 0.0455. The predicted molar refractivity (Wildman–Crippen MR) is 112 cm³/mol. The van der Waals surface area contributed by atoms with E-state index in [0.717, 1.165) is 5.56 Å². The number of halogens is 1. The molecule has 0 aromatic heterocycles. The van der Waals surface area contributed by atoms with Gasteiger partial charge in [0.25, 0.3) is 10.0 Å². The molecule has 3 aromatic carbocycles. The molecule has 5 nitrogen and oxygen atoms in total. The average molecular weight is 410 g/mol. The summed E-state index contributed by atoms with van der Waals surface area (Å²) in [6, 6.07) is 18.6. The zero-order valence-electron chi connectivity index (χ0n) is 15.6. The molecule has 0 saturated carbocycles. The summed E-state index contributed by atoms with van der Waals surface area (Å²) in [7, 11) is -3.73. The first-order valence-electron chi connectivity index (χ1n) is 8.76. The number of carbonyl (C=O) groups excluding carboxylic acids is 1. The number of hydrogen-bond donors (Lipinski definition) is 2. The molecule has 3 aromatic rings. The lowest BCUT2D eigenvalue weighted by atomic mass is 10.2. The van der Waals surface area contributed by atoms with E-state index in [1.807, 2.05) is 19.1 Å². The van der Waals surface area contributed by atoms with Crippen molar-refractivity contribution < 1.29 is 17.6 Å². The molecule has 29 heavy (non-hydrogen) atoms. The van der Waals surface area contributed by atoms with Crippen molar-refractivity contribution in [1.82, 2.24) is 0 Å². The van der Waals surface area contributed by atoms with Gasteiger partial charge in [0.15, 0.2) is 0 Å². The SMILES string of the molecule is Cc1ccc(NS(=O)(=O)c2ccc(NC(=O)/C=C/c3ccc(F)cc3)cc2)cc1. The third-order valence-electron chi connectivity index (χ3n) is 4.03. The van der Waals surface area contributed by atoms with Crippen LogP contribution in [0.15, 0.2) is 83.8 Å². The molecule has 3 rings (SSSR count). The smallest absolute Gasteiger partial charge is 0.261 e. The minimum atomic E-state index is -3.73. The first-order chi connectivity index (χ1) is 13.8. The second-order valence-electron chi connectivity index (χ2n) is 6.37. The van der Waals surface area contributed by atoms with Crippen LogP contribution < -0.4 is 10.0 Å². The van der Waals surface area contributed by atoms with Gasteiger partial charge >= 0.3 is 0 Å². The van der Waals surface area contributed by atoms with Gasteiger partial charge in [0.1, 0.15) is 5.82 Å². The Labute approximate surface area is 169 Å². The van der Waals surface area contributed by atoms with E-state index in [-0.39, 0.29) is 16.6 Å². The molecule has 2 N–H and O–H groups in total. The monoisotopic (exact) mass is 410 g/mol. The van der Waals surface area contributed by atoms with Crippen molar-refractivity contribution in [3.63, 3.8) is 0 Å². The number of rotatable bonds is 6. The summed E-state index contributed by atoms with van der Waals surface area (Å²) in [5.41, 5.74) is 2.64. The third-order valence-corrected chi connectivity index (χ3v) is 5.43. The first-order valence-corrected chi connectivity index (χ1v) is 10.2. The number of sulfonamides is 1. The quantitative estimate of drug-likeness (QED) is 0.584. The van der Waals surface area contributed by atoms with Gasteiger partial charge in [-0.1, -0.05) is 29.8 Å². The fourth-order valence-corrected chi connectivity index (χ4v) is 3.54. The Morgan fingerprint density at radius 1 is 0.862 bits per heavy atom. The highest BCUT2D eigenvalue weighted by Gasteiger charge is 2.14. The van der Waals surface area contributed by atoms with Crippen molar-refractivity contribution in [3.05, 3.63) is 95.8 Å². The molecule has 0 radical (unpaired) electrons. The van der Waals surface area contributed by atoms with Gasteiger partial charge in [-0.3, -0.25) is 9.52 Å². The van der Waals surface area contributed by atoms with Crippen LogP contribution in [-0.2, 0) is 14.8 Å². The zero-order valence-corrected chi connectivity index (χ0v) is 16.4. The maximum atomic E-state index is 12.9. The lowest BCUT2D eigenvalue weighted by Crippen LogP contribution is -2.13. The predicted octanol–water partition coefficient (Wildman–Crippen LogP) is 4.59. The average Bonchev–Trinajstić information content (AvgIpc) is 2.70. The zero-order chi connectivity index (χ0) is 20.9. The lowest BCUT2D eigenvalue weighted by molar-refractivity contribution is -0.111. The third kappa shape index (κ3) is 5.76. The summed E-state index contributed by atoms with van der Waals surface area (Å²) in [6.45, 7) is 1.92. The van der Waals surface area contributed by atoms with Gasteiger partial charge in [0.2, 0.25) is 5.91 Å². The normalized spacial score (nSPS) is 11.4. The molecule has 1 amide bonds. The Bertz CT molecular complexity index is 1120. The molecule has 0 spiro atoms. The maximum absolute atomic E-state index is 12.9. The topological polar surface area (TPSA) is 75.3 Å². The van der Waals surface area contributed by atoms with Gasteiger partial charge < -0.3 is 5.32 Å². The first kappa shape index (κ1) is 20.3. The van der Waals surface area contributed by atoms with Crippen molar-refractivity contribution in [2.75, 3.05) is 10.0 Å². The van der Waals surface area contributed by atoms with Crippen molar-refractivity contribution >= 4 is 33.4 Å². The number of nitrogens with one attached hydrogen (secondary N) is 2. The van der Waals surface area contributed by atoms with Gasteiger partial charge in [0.05, 0.1) is 4.90 Å². The van der Waals surface area contributed by atoms with E-state index in [4.69, 9.17) is 0 Å². The van der Waals surface area contributed by atoms with Gasteiger partial charge in [-0.25, -0.2) is 12.8 Å². The number of carbonyl (C=O) groups is 1. The summed E-state index contributed by atoms with van der Waals surface area (Å²) in [5.74, 6) is -0.735. The standard InChI is InChI=1S/C22H19FN2O3S/c1-16-2-9-20(10-3-16)25-29(27,28)21-13-11-19(12-14-21)24-22(26)15-6-17-4-7-18(23)8-5-17/h2-15,25H,1H3,(H,24,26)/b15-6+. The summed E-state index contributed by atoms with van der Waals surface area (Å²) in [4.78, 5) is 12.1. The van der Waals surface area contributed by atoms with Gasteiger partial charge in [-0.2, -0.15) is 0 Å². The van der Waals surface area contributed by atoms with Crippen LogP contribution in [0.1, 0.15) is 11.1 Å². The van der Waals surface area contributed by atoms with Crippen LogP contribution in [-0.4, -0.2) is 14.3 Å². The van der Waals surface area contributed by atoms with Crippen molar-refractivity contribution in [2.45, 2.75) is 11.8 Å². The Morgan fingerprint density at radius 3 is 2.07 bits per heavy atom. The van der Waals surface area contributed by atoms with E-state index in [9.17, 15) is 17.6 Å². The molecular formula is C22H19FN2O3S. The lowest BCUT2D eigenvalue weighted by Gasteiger charge is -2.09. The number of benzene rings is 3. The van der Waals surface area contributed by atoms with Crippen LogP contribution >= 0.6 is 0 Å². The molecule has 0 atom stereocenters. The molecule has 7 heteroatoms. The van der Waals surface area contributed by atoms with E-state index in [1.165, 1.54) is 42.5 Å². The van der Waals surface area contributed by atoms with Gasteiger partial charge in [-0.15, -0.1) is 0 Å². The summed E-state index contributed by atoms with van der Waals surface area (Å²) in [5, 5.41) is 2.64. The molecule has 148 valence electrons. The maximum Gasteiger partial charge on any atom is 0.261 e. The van der Waals surface area contributed by atoms with Crippen molar-refractivity contribution in [3.8, 4) is 0 Å². The van der Waals surface area contributed by atoms with Gasteiger partial charge in [0, 0.05) is 17.5 Å². The number of aryl methyl sites for hydroxylation is 1. The Kier molecular flexibility index (Phi) is 6.09. The number of hydrogen-bond acceptors (Lipinski definition) is 3. The summed E-state index contributed by atoms with van der Waals surface area (Å²) >= 11 is 0. The Morgan fingerprint density at radius 2 is 1.45 bits per heavy atom. The molecule has 0 unspecified atom stereocenters. The molecule has 0 aliphatic heterocycles. The summed E-state index contributed by atoms with van der Waals surface area (Å²) in [6.07, 6.45) is 2.87. The van der Waals surface area contributed by atoms with E-state index in [2.05, 4.69) is 10.0 Å². The molecule has 0 heterocycles. The minimum Gasteiger partial charge on any atom is -0.323 e. The van der Waals surface area contributed by atoms with Crippen LogP contribution in [0.4, 0.5) is 15.8 Å². The molecule has 0 saturated heterocycles. The van der Waals surface area contributed by atoms with Crippen molar-refractivity contribution in [2.24, 2.45) is 0 Å². The van der Waals surface area contributed by atoms with E-state index in [1.54, 1.807) is 30.3 Å². The van der Waals surface area contributed by atoms with E-state index < -0.39 is 10.0 Å². The molecule has 0 bridgehead atoms. The number of amides is 1. The highest BCUT2D eigenvalue weighted by molar-refractivity contribution is 7.92. The van der Waals surface area contributed by atoms with Gasteiger partial charge in [-0.05, 0) is 67.1 Å². The number of anilines is 2.